The summed E-state index contributed by atoms with van der Waals surface area (Å²) in [5.41, 5.74) is 1.22. The van der Waals surface area contributed by atoms with Gasteiger partial charge in [-0.25, -0.2) is 0 Å². The van der Waals surface area contributed by atoms with E-state index in [-0.39, 0.29) is 11.6 Å². The van der Waals surface area contributed by atoms with E-state index in [1.807, 2.05) is 36.4 Å². The molecule has 0 amide bonds. The summed E-state index contributed by atoms with van der Waals surface area (Å²) in [4.78, 5) is 23.5. The molecule has 0 N–H and O–H groups in total. The smallest absolute Gasteiger partial charge is 0.186 e. The highest BCUT2D eigenvalue weighted by molar-refractivity contribution is 9.10. The number of ketones is 2. The number of hydrogen-bond donors (Lipinski definition) is 0. The molecule has 0 saturated heterocycles. The number of allylic oxidation sites excluding steroid dienone is 4. The van der Waals surface area contributed by atoms with Crippen LogP contribution in [-0.4, -0.2) is 11.6 Å². The molecule has 0 aliphatic heterocycles. The van der Waals surface area contributed by atoms with Crippen LogP contribution in [0.25, 0.3) is 16.3 Å². The molecule has 0 fully saturated rings. The van der Waals surface area contributed by atoms with Crippen molar-refractivity contribution in [2.75, 3.05) is 0 Å². The van der Waals surface area contributed by atoms with E-state index < -0.39 is 0 Å². The summed E-state index contributed by atoms with van der Waals surface area (Å²) < 4.78 is 0.814. The number of carbonyl (C=O) groups excluding carboxylic acids is 2. The van der Waals surface area contributed by atoms with Gasteiger partial charge in [-0.2, -0.15) is 0 Å². The van der Waals surface area contributed by atoms with Crippen molar-refractivity contribution in [3.8, 4) is 0 Å². The van der Waals surface area contributed by atoms with E-state index in [4.69, 9.17) is 0 Å². The minimum absolute atomic E-state index is 0.142. The maximum Gasteiger partial charge on any atom is 0.186 e. The molecule has 0 heterocycles. The first kappa shape index (κ1) is 12.1. The van der Waals surface area contributed by atoms with Crippen LogP contribution in [0, 0.1) is 0 Å². The van der Waals surface area contributed by atoms with E-state index in [0.717, 1.165) is 20.8 Å². The predicted molar refractivity (Wildman–Crippen MR) is 78.8 cm³/mol. The van der Waals surface area contributed by atoms with Crippen molar-refractivity contribution >= 4 is 43.8 Å². The van der Waals surface area contributed by atoms with E-state index in [1.54, 1.807) is 0 Å². The maximum atomic E-state index is 12.0. The van der Waals surface area contributed by atoms with Gasteiger partial charge in [-0.1, -0.05) is 46.3 Å². The van der Waals surface area contributed by atoms with Crippen LogP contribution in [0.5, 0.6) is 0 Å². The Kier molecular flexibility index (Phi) is 2.91. The number of hydrogen-bond acceptors (Lipinski definition) is 2. The second-order valence-corrected chi connectivity index (χ2v) is 5.16. The second-order valence-electron chi connectivity index (χ2n) is 4.30. The van der Waals surface area contributed by atoms with Crippen molar-refractivity contribution in [1.29, 1.82) is 0 Å². The lowest BCUT2D eigenvalue weighted by Crippen LogP contribution is -2.07. The van der Waals surface area contributed by atoms with Crippen LogP contribution in [-0.2, 0) is 9.59 Å². The van der Waals surface area contributed by atoms with Crippen LogP contribution in [0.3, 0.4) is 0 Å². The van der Waals surface area contributed by atoms with Crippen LogP contribution in [0.2, 0.25) is 0 Å². The standard InChI is InChI=1S/C16H9BrO2/c17-14-7-5-10-3-1-2-4-12(10)16(14)13-9-11(18)6-8-15(13)19/h1-9H. The molecule has 0 saturated carbocycles. The average Bonchev–Trinajstić information content (AvgIpc) is 2.42. The Balaban J connectivity index is 2.34. The van der Waals surface area contributed by atoms with E-state index in [9.17, 15) is 9.59 Å². The van der Waals surface area contributed by atoms with Crippen LogP contribution in [0.1, 0.15) is 5.56 Å². The van der Waals surface area contributed by atoms with Gasteiger partial charge in [0.15, 0.2) is 11.6 Å². The van der Waals surface area contributed by atoms with Gasteiger partial charge in [-0.05, 0) is 35.1 Å². The Bertz CT molecular complexity index is 769. The molecular formula is C16H9BrO2. The lowest BCUT2D eigenvalue weighted by Gasteiger charge is -2.12. The SMILES string of the molecule is O=C1C=CC(=O)C(c2c(Br)ccc3ccccc23)=C1. The Morgan fingerprint density at radius 2 is 1.68 bits per heavy atom. The van der Waals surface area contributed by atoms with Crippen LogP contribution in [0.15, 0.2) is 59.1 Å². The van der Waals surface area contributed by atoms with Crippen molar-refractivity contribution in [3.05, 3.63) is 64.7 Å². The molecule has 0 unspecified atom stereocenters. The topological polar surface area (TPSA) is 34.1 Å². The molecule has 19 heavy (non-hydrogen) atoms. The first-order valence-electron chi connectivity index (χ1n) is 5.82. The fourth-order valence-electron chi connectivity index (χ4n) is 2.22. The normalized spacial score (nSPS) is 14.9. The van der Waals surface area contributed by atoms with Crippen molar-refractivity contribution < 1.29 is 9.59 Å². The molecular weight excluding hydrogens is 304 g/mol. The van der Waals surface area contributed by atoms with Gasteiger partial charge in [0.05, 0.1) is 0 Å². The minimum atomic E-state index is -0.158. The van der Waals surface area contributed by atoms with E-state index in [0.29, 0.717) is 5.57 Å². The molecule has 0 aromatic heterocycles. The fraction of sp³-hybridized carbons (Fsp3) is 0. The van der Waals surface area contributed by atoms with Crippen molar-refractivity contribution in [1.82, 2.24) is 0 Å². The predicted octanol–water partition coefficient (Wildman–Crippen LogP) is 3.69. The molecule has 0 spiro atoms. The Hall–Kier alpha value is -2.00. The maximum absolute atomic E-state index is 12.0. The molecule has 1 aliphatic carbocycles. The van der Waals surface area contributed by atoms with Gasteiger partial charge in [0.1, 0.15) is 0 Å². The Labute approximate surface area is 118 Å². The Morgan fingerprint density at radius 3 is 2.53 bits per heavy atom. The minimum Gasteiger partial charge on any atom is -0.290 e. The lowest BCUT2D eigenvalue weighted by molar-refractivity contribution is -0.113. The third-order valence-corrected chi connectivity index (χ3v) is 3.76. The second kappa shape index (κ2) is 4.59. The van der Waals surface area contributed by atoms with Crippen LogP contribution < -0.4 is 0 Å². The number of halogens is 1. The third-order valence-electron chi connectivity index (χ3n) is 3.10. The fourth-order valence-corrected chi connectivity index (χ4v) is 2.78. The molecule has 2 aromatic rings. The lowest BCUT2D eigenvalue weighted by atomic mass is 9.92. The molecule has 92 valence electrons. The highest BCUT2D eigenvalue weighted by Crippen LogP contribution is 2.33. The third kappa shape index (κ3) is 2.06. The van der Waals surface area contributed by atoms with Gasteiger partial charge in [0.25, 0.3) is 0 Å². The van der Waals surface area contributed by atoms with E-state index in [2.05, 4.69) is 15.9 Å². The molecule has 2 nitrogen and oxygen atoms in total. The zero-order chi connectivity index (χ0) is 13.4. The molecule has 2 aromatic carbocycles. The number of benzene rings is 2. The summed E-state index contributed by atoms with van der Waals surface area (Å²) in [7, 11) is 0. The van der Waals surface area contributed by atoms with Crippen molar-refractivity contribution in [3.63, 3.8) is 0 Å². The molecule has 0 bridgehead atoms. The summed E-state index contributed by atoms with van der Waals surface area (Å²) in [6.07, 6.45) is 4.02. The largest absolute Gasteiger partial charge is 0.290 e. The average molecular weight is 313 g/mol. The van der Waals surface area contributed by atoms with Gasteiger partial charge in [-0.15, -0.1) is 0 Å². The molecule has 0 atom stereocenters. The monoisotopic (exact) mass is 312 g/mol. The van der Waals surface area contributed by atoms with Crippen molar-refractivity contribution in [2.45, 2.75) is 0 Å². The molecule has 3 rings (SSSR count). The zero-order valence-corrected chi connectivity index (χ0v) is 11.5. The summed E-state index contributed by atoms with van der Waals surface area (Å²) >= 11 is 3.47. The first-order chi connectivity index (χ1) is 9.16. The van der Waals surface area contributed by atoms with Gasteiger partial charge >= 0.3 is 0 Å². The summed E-state index contributed by atoms with van der Waals surface area (Å²) in [5.74, 6) is -0.300. The van der Waals surface area contributed by atoms with Gasteiger partial charge in [0, 0.05) is 15.6 Å². The number of carbonyl (C=O) groups is 2. The molecule has 1 aliphatic rings. The van der Waals surface area contributed by atoms with Crippen molar-refractivity contribution in [2.24, 2.45) is 0 Å². The van der Waals surface area contributed by atoms with Crippen LogP contribution in [0.4, 0.5) is 0 Å². The van der Waals surface area contributed by atoms with E-state index >= 15 is 0 Å². The first-order valence-corrected chi connectivity index (χ1v) is 6.62. The summed E-state index contributed by atoms with van der Waals surface area (Å²) in [6, 6.07) is 11.7. The Morgan fingerprint density at radius 1 is 0.895 bits per heavy atom. The van der Waals surface area contributed by atoms with Crippen LogP contribution >= 0.6 is 15.9 Å². The van der Waals surface area contributed by atoms with Gasteiger partial charge in [-0.3, -0.25) is 9.59 Å². The quantitative estimate of drug-likeness (QED) is 0.752. The zero-order valence-electron chi connectivity index (χ0n) is 9.89. The van der Waals surface area contributed by atoms with Gasteiger partial charge in [0.2, 0.25) is 0 Å². The summed E-state index contributed by atoms with van der Waals surface area (Å²) in [5, 5.41) is 2.00. The number of rotatable bonds is 1. The molecule has 3 heteroatoms. The van der Waals surface area contributed by atoms with E-state index in [1.165, 1.54) is 18.2 Å². The highest BCUT2D eigenvalue weighted by Gasteiger charge is 2.19. The molecule has 0 radical (unpaired) electrons. The number of fused-ring (bicyclic) bond motifs is 1. The van der Waals surface area contributed by atoms with Gasteiger partial charge < -0.3 is 0 Å². The highest BCUT2D eigenvalue weighted by atomic mass is 79.9. The summed E-state index contributed by atoms with van der Waals surface area (Å²) in [6.45, 7) is 0.